The van der Waals surface area contributed by atoms with Crippen molar-refractivity contribution in [2.75, 3.05) is 23.7 Å². The standard InChI is InChI=1S/C19H18N2/c1-3-13-20-18-9-5-16(6-10-18)15-17-7-11-19(12-8-17)21-14-4-2/h1-2,5-12,20-21H,13-15H2. The van der Waals surface area contributed by atoms with Crippen molar-refractivity contribution in [1.82, 2.24) is 0 Å². The molecular weight excluding hydrogens is 256 g/mol. The quantitative estimate of drug-likeness (QED) is 0.789. The molecule has 2 aromatic rings. The van der Waals surface area contributed by atoms with Crippen molar-refractivity contribution in [2.24, 2.45) is 0 Å². The SMILES string of the molecule is C#CCNc1ccc(Cc2ccc(NCC#C)cc2)cc1. The number of anilines is 2. The van der Waals surface area contributed by atoms with Crippen molar-refractivity contribution in [3.8, 4) is 24.7 Å². The van der Waals surface area contributed by atoms with Crippen LogP contribution in [0.3, 0.4) is 0 Å². The summed E-state index contributed by atoms with van der Waals surface area (Å²) < 4.78 is 0. The number of rotatable bonds is 6. The van der Waals surface area contributed by atoms with E-state index in [-0.39, 0.29) is 0 Å². The smallest absolute Gasteiger partial charge is 0.0763 e. The lowest BCUT2D eigenvalue weighted by atomic mass is 10.0. The number of nitrogens with one attached hydrogen (secondary N) is 2. The molecule has 0 radical (unpaired) electrons. The van der Waals surface area contributed by atoms with Crippen molar-refractivity contribution in [2.45, 2.75) is 6.42 Å². The van der Waals surface area contributed by atoms with Gasteiger partial charge in [0.15, 0.2) is 0 Å². The van der Waals surface area contributed by atoms with Crippen molar-refractivity contribution >= 4 is 11.4 Å². The van der Waals surface area contributed by atoms with Gasteiger partial charge < -0.3 is 10.6 Å². The first-order valence-electron chi connectivity index (χ1n) is 6.84. The van der Waals surface area contributed by atoms with Gasteiger partial charge in [-0.25, -0.2) is 0 Å². The summed E-state index contributed by atoms with van der Waals surface area (Å²) in [6.07, 6.45) is 11.4. The Morgan fingerprint density at radius 3 is 1.38 bits per heavy atom. The van der Waals surface area contributed by atoms with Crippen LogP contribution in [0.4, 0.5) is 11.4 Å². The van der Waals surface area contributed by atoms with Crippen molar-refractivity contribution < 1.29 is 0 Å². The minimum atomic E-state index is 0.547. The summed E-state index contributed by atoms with van der Waals surface area (Å²) in [7, 11) is 0. The van der Waals surface area contributed by atoms with E-state index in [9.17, 15) is 0 Å². The second-order valence-corrected chi connectivity index (χ2v) is 4.69. The second-order valence-electron chi connectivity index (χ2n) is 4.69. The van der Waals surface area contributed by atoms with Crippen LogP contribution >= 0.6 is 0 Å². The van der Waals surface area contributed by atoms with Crippen molar-refractivity contribution in [1.29, 1.82) is 0 Å². The van der Waals surface area contributed by atoms with Crippen LogP contribution in [-0.4, -0.2) is 13.1 Å². The van der Waals surface area contributed by atoms with E-state index in [0.29, 0.717) is 13.1 Å². The third-order valence-electron chi connectivity index (χ3n) is 3.11. The van der Waals surface area contributed by atoms with Crippen LogP contribution in [0.15, 0.2) is 48.5 Å². The maximum atomic E-state index is 5.22. The summed E-state index contributed by atoms with van der Waals surface area (Å²) >= 11 is 0. The van der Waals surface area contributed by atoms with Crippen LogP contribution < -0.4 is 10.6 Å². The van der Waals surface area contributed by atoms with Crippen LogP contribution in [-0.2, 0) is 6.42 Å². The molecule has 0 bridgehead atoms. The molecule has 0 aliphatic rings. The highest BCUT2D eigenvalue weighted by Crippen LogP contribution is 2.15. The minimum Gasteiger partial charge on any atom is -0.374 e. The lowest BCUT2D eigenvalue weighted by molar-refractivity contribution is 1.19. The van der Waals surface area contributed by atoms with Crippen LogP contribution in [0, 0.1) is 24.7 Å². The Balaban J connectivity index is 1.95. The van der Waals surface area contributed by atoms with Gasteiger partial charge in [-0.3, -0.25) is 0 Å². The molecule has 0 aliphatic heterocycles. The molecule has 0 saturated heterocycles. The lowest BCUT2D eigenvalue weighted by Gasteiger charge is -2.07. The predicted octanol–water partition coefficient (Wildman–Crippen LogP) is 3.37. The molecule has 0 fully saturated rings. The molecule has 0 atom stereocenters. The maximum Gasteiger partial charge on any atom is 0.0763 e. The van der Waals surface area contributed by atoms with E-state index < -0.39 is 0 Å². The van der Waals surface area contributed by atoms with E-state index in [1.807, 2.05) is 0 Å². The Morgan fingerprint density at radius 1 is 0.667 bits per heavy atom. The molecule has 2 rings (SSSR count). The van der Waals surface area contributed by atoms with E-state index in [1.54, 1.807) is 0 Å². The van der Waals surface area contributed by atoms with Gasteiger partial charge in [-0.05, 0) is 41.8 Å². The summed E-state index contributed by atoms with van der Waals surface area (Å²) in [5.41, 5.74) is 4.63. The van der Waals surface area contributed by atoms with Gasteiger partial charge in [0.25, 0.3) is 0 Å². The molecule has 0 saturated carbocycles. The van der Waals surface area contributed by atoms with Gasteiger partial charge in [0, 0.05) is 11.4 Å². The first-order chi connectivity index (χ1) is 10.3. The maximum absolute atomic E-state index is 5.22. The van der Waals surface area contributed by atoms with Gasteiger partial charge in [-0.2, -0.15) is 0 Å². The fraction of sp³-hybridized carbons (Fsp3) is 0.158. The molecule has 104 valence electrons. The van der Waals surface area contributed by atoms with Gasteiger partial charge in [-0.15, -0.1) is 12.8 Å². The zero-order chi connectivity index (χ0) is 14.9. The molecule has 0 aromatic heterocycles. The Kier molecular flexibility index (Phi) is 5.33. The number of benzene rings is 2. The zero-order valence-corrected chi connectivity index (χ0v) is 11.9. The summed E-state index contributed by atoms with van der Waals surface area (Å²) in [4.78, 5) is 0. The summed E-state index contributed by atoms with van der Waals surface area (Å²) in [6, 6.07) is 16.7. The second kappa shape index (κ2) is 7.68. The molecule has 0 spiro atoms. The van der Waals surface area contributed by atoms with E-state index >= 15 is 0 Å². The van der Waals surface area contributed by atoms with E-state index in [2.05, 4.69) is 71.0 Å². The minimum absolute atomic E-state index is 0.547. The highest BCUT2D eigenvalue weighted by atomic mass is 14.9. The van der Waals surface area contributed by atoms with E-state index in [1.165, 1.54) is 11.1 Å². The number of hydrogen-bond donors (Lipinski definition) is 2. The Bertz CT molecular complexity index is 580. The van der Waals surface area contributed by atoms with Crippen LogP contribution in [0.25, 0.3) is 0 Å². The van der Waals surface area contributed by atoms with Crippen LogP contribution in [0.1, 0.15) is 11.1 Å². The first-order valence-corrected chi connectivity index (χ1v) is 6.84. The highest BCUT2D eigenvalue weighted by molar-refractivity contribution is 5.48. The molecule has 2 aromatic carbocycles. The van der Waals surface area contributed by atoms with Crippen LogP contribution in [0.2, 0.25) is 0 Å². The molecule has 2 heteroatoms. The number of hydrogen-bond acceptors (Lipinski definition) is 2. The Labute approximate surface area is 126 Å². The van der Waals surface area contributed by atoms with Gasteiger partial charge in [-0.1, -0.05) is 36.1 Å². The third kappa shape index (κ3) is 4.64. The molecule has 2 N–H and O–H groups in total. The monoisotopic (exact) mass is 274 g/mol. The summed E-state index contributed by atoms with van der Waals surface area (Å²) in [5, 5.41) is 6.30. The first kappa shape index (κ1) is 14.6. The fourth-order valence-electron chi connectivity index (χ4n) is 2.02. The average Bonchev–Trinajstić information content (AvgIpc) is 2.53. The normalized spacial score (nSPS) is 9.43. The van der Waals surface area contributed by atoms with Gasteiger partial charge in [0.1, 0.15) is 0 Å². The van der Waals surface area contributed by atoms with Gasteiger partial charge >= 0.3 is 0 Å². The Morgan fingerprint density at radius 2 is 1.05 bits per heavy atom. The molecule has 0 heterocycles. The summed E-state index contributed by atoms with van der Waals surface area (Å²) in [5.74, 6) is 5.12. The lowest BCUT2D eigenvalue weighted by Crippen LogP contribution is -1.99. The zero-order valence-electron chi connectivity index (χ0n) is 11.9. The molecule has 0 amide bonds. The highest BCUT2D eigenvalue weighted by Gasteiger charge is 1.98. The van der Waals surface area contributed by atoms with Crippen LogP contribution in [0.5, 0.6) is 0 Å². The van der Waals surface area contributed by atoms with E-state index in [0.717, 1.165) is 17.8 Å². The molecule has 0 aliphatic carbocycles. The van der Waals surface area contributed by atoms with Crippen molar-refractivity contribution in [3.63, 3.8) is 0 Å². The topological polar surface area (TPSA) is 24.1 Å². The molecule has 2 nitrogen and oxygen atoms in total. The summed E-state index contributed by atoms with van der Waals surface area (Å²) in [6.45, 7) is 1.09. The Hall–Kier alpha value is -2.84. The molecular formula is C19H18N2. The average molecular weight is 274 g/mol. The number of terminal acetylenes is 2. The fourth-order valence-corrected chi connectivity index (χ4v) is 2.02. The van der Waals surface area contributed by atoms with Crippen molar-refractivity contribution in [3.05, 3.63) is 59.7 Å². The van der Waals surface area contributed by atoms with Gasteiger partial charge in [0.2, 0.25) is 0 Å². The molecule has 21 heavy (non-hydrogen) atoms. The molecule has 0 unspecified atom stereocenters. The van der Waals surface area contributed by atoms with E-state index in [4.69, 9.17) is 12.8 Å². The predicted molar refractivity (Wildman–Crippen MR) is 90.3 cm³/mol. The van der Waals surface area contributed by atoms with Gasteiger partial charge in [0.05, 0.1) is 13.1 Å². The third-order valence-corrected chi connectivity index (χ3v) is 3.11. The largest absolute Gasteiger partial charge is 0.374 e.